The van der Waals surface area contributed by atoms with Crippen LogP contribution in [0.2, 0.25) is 0 Å². The summed E-state index contributed by atoms with van der Waals surface area (Å²) < 4.78 is 16.0. The maximum absolute atomic E-state index is 12.7. The Morgan fingerprint density at radius 3 is 2.36 bits per heavy atom. The van der Waals surface area contributed by atoms with Crippen LogP contribution in [0.25, 0.3) is 11.1 Å². The summed E-state index contributed by atoms with van der Waals surface area (Å²) >= 11 is 0. The molecule has 0 bridgehead atoms. The predicted octanol–water partition coefficient (Wildman–Crippen LogP) is 4.77. The van der Waals surface area contributed by atoms with E-state index in [9.17, 15) is 14.4 Å². The first-order chi connectivity index (χ1) is 16.9. The largest absolute Gasteiger partial charge is 0.460 e. The van der Waals surface area contributed by atoms with Crippen LogP contribution >= 0.6 is 0 Å². The molecule has 2 unspecified atom stereocenters. The summed E-state index contributed by atoms with van der Waals surface area (Å²) in [5.74, 6) is 2.10. The maximum Gasteiger partial charge on any atom is 0.410 e. The molecule has 4 rings (SSSR count). The molecule has 0 N–H and O–H groups in total. The predicted molar refractivity (Wildman–Crippen MR) is 136 cm³/mol. The van der Waals surface area contributed by atoms with Gasteiger partial charge in [0.2, 0.25) is 0 Å². The van der Waals surface area contributed by atoms with Gasteiger partial charge >= 0.3 is 18.2 Å². The number of ether oxygens (including phenoxy) is 3. The summed E-state index contributed by atoms with van der Waals surface area (Å²) in [7, 11) is 2.84. The number of aryl methyl sites for hydroxylation is 1. The van der Waals surface area contributed by atoms with Crippen LogP contribution in [-0.4, -0.2) is 71.9 Å². The number of likely N-dealkylation sites (N-methyl/N-ethyl adjacent to an activating group) is 1. The zero-order valence-electron chi connectivity index (χ0n) is 22.4. The van der Waals surface area contributed by atoms with E-state index in [1.54, 1.807) is 32.6 Å². The topological polar surface area (TPSA) is 85.4 Å². The zero-order valence-corrected chi connectivity index (χ0v) is 22.4. The van der Waals surface area contributed by atoms with E-state index in [-0.39, 0.29) is 24.1 Å². The Morgan fingerprint density at radius 1 is 1.22 bits per heavy atom. The van der Waals surface area contributed by atoms with Gasteiger partial charge in [0.1, 0.15) is 17.7 Å². The van der Waals surface area contributed by atoms with Gasteiger partial charge in [0.15, 0.2) is 0 Å². The van der Waals surface area contributed by atoms with Crippen molar-refractivity contribution in [2.24, 2.45) is 5.92 Å². The lowest BCUT2D eigenvalue weighted by Gasteiger charge is -2.37. The summed E-state index contributed by atoms with van der Waals surface area (Å²) in [4.78, 5) is 40.0. The highest BCUT2D eigenvalue weighted by Crippen LogP contribution is 2.41. The van der Waals surface area contributed by atoms with E-state index in [1.807, 2.05) is 0 Å². The second-order valence-corrected chi connectivity index (χ2v) is 10.7. The van der Waals surface area contributed by atoms with E-state index in [4.69, 9.17) is 20.6 Å². The number of rotatable bonds is 3. The van der Waals surface area contributed by atoms with Gasteiger partial charge in [0, 0.05) is 19.0 Å². The van der Waals surface area contributed by atoms with Gasteiger partial charge in [-0.05, 0) is 77.0 Å². The lowest BCUT2D eigenvalue weighted by molar-refractivity contribution is -0.159. The second kappa shape index (κ2) is 10.8. The summed E-state index contributed by atoms with van der Waals surface area (Å²) in [5.41, 5.74) is 3.70. The number of methoxy groups -OCH3 is 1. The van der Waals surface area contributed by atoms with E-state index >= 15 is 0 Å². The van der Waals surface area contributed by atoms with E-state index in [0.717, 1.165) is 12.8 Å². The molecule has 4 aliphatic rings. The molecule has 1 saturated heterocycles. The lowest BCUT2D eigenvalue weighted by atomic mass is 9.82. The number of esters is 1. The minimum absolute atomic E-state index is 0.0492. The van der Waals surface area contributed by atoms with Gasteiger partial charge in [-0.2, -0.15) is 0 Å². The molecule has 1 aliphatic heterocycles. The number of hydrogen-bond acceptors (Lipinski definition) is 6. The van der Waals surface area contributed by atoms with Crippen LogP contribution in [0.15, 0.2) is 18.2 Å². The Kier molecular flexibility index (Phi) is 8.22. The van der Waals surface area contributed by atoms with Crippen LogP contribution < -0.4 is 0 Å². The van der Waals surface area contributed by atoms with Crippen molar-refractivity contribution in [2.75, 3.05) is 14.2 Å². The van der Waals surface area contributed by atoms with Crippen molar-refractivity contribution >= 4 is 18.2 Å². The quantitative estimate of drug-likeness (QED) is 0.344. The van der Waals surface area contributed by atoms with E-state index in [0.29, 0.717) is 12.8 Å². The second-order valence-electron chi connectivity index (χ2n) is 10.7. The fourth-order valence-corrected chi connectivity index (χ4v) is 5.00. The van der Waals surface area contributed by atoms with Gasteiger partial charge < -0.3 is 14.2 Å². The molecular weight excluding hydrogens is 460 g/mol. The number of terminal acetylenes is 1. The Morgan fingerprint density at radius 2 is 1.92 bits per heavy atom. The third-order valence-electron chi connectivity index (χ3n) is 7.14. The molecule has 2 fully saturated rings. The number of amides is 2. The number of hydrogen-bond donors (Lipinski definition) is 0. The highest BCUT2D eigenvalue weighted by molar-refractivity contribution is 5.81. The molecule has 196 valence electrons. The van der Waals surface area contributed by atoms with Gasteiger partial charge in [-0.3, -0.25) is 9.80 Å². The molecule has 0 radical (unpaired) electrons. The van der Waals surface area contributed by atoms with E-state index in [2.05, 4.69) is 31.0 Å². The van der Waals surface area contributed by atoms with Crippen molar-refractivity contribution in [3.05, 3.63) is 23.8 Å². The minimum atomic E-state index is -0.799. The number of carbonyl (C=O) groups excluding carboxylic acids is 3. The maximum atomic E-state index is 12.7. The summed E-state index contributed by atoms with van der Waals surface area (Å²) in [5, 5.41) is 0. The van der Waals surface area contributed by atoms with Gasteiger partial charge in [0.05, 0.1) is 13.2 Å². The van der Waals surface area contributed by atoms with Crippen molar-refractivity contribution in [2.45, 2.75) is 90.1 Å². The van der Waals surface area contributed by atoms with Gasteiger partial charge in [-0.1, -0.05) is 24.1 Å². The van der Waals surface area contributed by atoms with Gasteiger partial charge in [-0.25, -0.2) is 14.4 Å². The fourth-order valence-electron chi connectivity index (χ4n) is 5.00. The van der Waals surface area contributed by atoms with E-state index < -0.39 is 29.8 Å². The van der Waals surface area contributed by atoms with Crippen molar-refractivity contribution in [3.63, 3.8) is 0 Å². The average molecular weight is 499 g/mol. The molecule has 1 saturated carbocycles. The van der Waals surface area contributed by atoms with Crippen LogP contribution in [0.5, 0.6) is 0 Å². The monoisotopic (exact) mass is 498 g/mol. The molecule has 8 nitrogen and oxygen atoms in total. The van der Waals surface area contributed by atoms with Crippen molar-refractivity contribution in [1.82, 2.24) is 9.80 Å². The van der Waals surface area contributed by atoms with Crippen molar-refractivity contribution in [3.8, 4) is 23.5 Å². The third kappa shape index (κ3) is 5.77. The standard InChI is InChI=1S/C21H32N2O6.C7H6/c1-8-14-12-15-16(23(14)20(26)27-7)10-9-11-17(15)28-18(24)13(2)22(6)19(25)29-21(3,4)5;1-5-4-6-2-3-7(5)6/h1,13-17H,9-12H2,2-7H3;2-4H,1H3/t13?,14?,15-,16-,17+;/m1./s1. The summed E-state index contributed by atoms with van der Waals surface area (Å²) in [6.07, 6.45) is 7.07. The molecule has 0 aromatic rings. The molecule has 5 atom stereocenters. The molecule has 0 aromatic carbocycles. The molecule has 36 heavy (non-hydrogen) atoms. The Labute approximate surface area is 214 Å². The summed E-state index contributed by atoms with van der Waals surface area (Å²) in [6, 6.07) is 5.21. The van der Waals surface area contributed by atoms with Crippen molar-refractivity contribution in [1.29, 1.82) is 0 Å². The molecule has 2 amide bonds. The number of fused-ring (bicyclic) bond motifs is 2. The first kappa shape index (κ1) is 27.4. The number of benzene rings is 1. The zero-order chi connectivity index (χ0) is 26.8. The molecule has 3 aliphatic carbocycles. The van der Waals surface area contributed by atoms with Crippen molar-refractivity contribution < 1.29 is 28.6 Å². The SMILES string of the molecule is C#CC1C[C@H]2[C@@H](OC(=O)C(C)N(C)C(=O)OC(C)(C)C)CCC[C@H]2N1C(=O)OC.Cc1cc2ccc1-2. The van der Waals surface area contributed by atoms with Gasteiger partial charge in [-0.15, -0.1) is 6.42 Å². The molecule has 1 heterocycles. The average Bonchev–Trinajstić information content (AvgIpc) is 3.19. The minimum Gasteiger partial charge on any atom is -0.460 e. The first-order valence-corrected chi connectivity index (χ1v) is 12.5. The number of likely N-dealkylation sites (tertiary alicyclic amines) is 1. The Balaban J connectivity index is 0.000000433. The highest BCUT2D eigenvalue weighted by atomic mass is 16.6. The van der Waals surface area contributed by atoms with Crippen LogP contribution in [0.1, 0.15) is 58.9 Å². The molecule has 8 heteroatoms. The summed E-state index contributed by atoms with van der Waals surface area (Å²) in [6.45, 7) is 9.03. The lowest BCUT2D eigenvalue weighted by Crippen LogP contribution is -2.48. The first-order valence-electron chi connectivity index (χ1n) is 12.5. The molecule has 0 aromatic heterocycles. The van der Waals surface area contributed by atoms with E-state index in [1.165, 1.54) is 35.7 Å². The number of carbonyl (C=O) groups is 3. The van der Waals surface area contributed by atoms with Crippen LogP contribution in [-0.2, 0) is 19.0 Å². The Bertz CT molecular complexity index is 1040. The van der Waals surface area contributed by atoms with Crippen LogP contribution in [0, 0.1) is 25.2 Å². The fraction of sp³-hybridized carbons (Fsp3) is 0.607. The molecular formula is C28H38N2O6. The third-order valence-corrected chi connectivity index (χ3v) is 7.14. The normalized spacial score (nSPS) is 24.2. The van der Waals surface area contributed by atoms with Crippen LogP contribution in [0.3, 0.4) is 0 Å². The molecule has 0 spiro atoms. The smallest absolute Gasteiger partial charge is 0.410 e. The highest BCUT2D eigenvalue weighted by Gasteiger charge is 2.50. The Hall–Kier alpha value is -3.21. The van der Waals surface area contributed by atoms with Crippen LogP contribution in [0.4, 0.5) is 9.59 Å². The van der Waals surface area contributed by atoms with Gasteiger partial charge in [0.25, 0.3) is 0 Å². The number of nitrogens with zero attached hydrogens (tertiary/aromatic N) is 2.